The van der Waals surface area contributed by atoms with Gasteiger partial charge in [-0.25, -0.2) is 9.97 Å². The molecule has 1 aromatic rings. The highest BCUT2D eigenvalue weighted by molar-refractivity contribution is 8.06. The largest absolute Gasteiger partial charge is 0.236 e. The Balaban J connectivity index is 2.34. The summed E-state index contributed by atoms with van der Waals surface area (Å²) in [5, 5.41) is 1.57. The van der Waals surface area contributed by atoms with Crippen LogP contribution in [0.4, 0.5) is 0 Å². The average Bonchev–Trinajstić information content (AvgIpc) is 2.33. The normalized spacial score (nSPS) is 24.9. The molecule has 2 nitrogen and oxygen atoms in total. The van der Waals surface area contributed by atoms with Crippen molar-refractivity contribution in [3.8, 4) is 0 Å². The predicted molar refractivity (Wildman–Crippen MR) is 78.3 cm³/mol. The van der Waals surface area contributed by atoms with E-state index in [0.29, 0.717) is 15.7 Å². The molecule has 1 saturated heterocycles. The van der Waals surface area contributed by atoms with Gasteiger partial charge >= 0.3 is 0 Å². The summed E-state index contributed by atoms with van der Waals surface area (Å²) in [6.45, 7) is 6.36. The van der Waals surface area contributed by atoms with Gasteiger partial charge in [0.2, 0.25) is 0 Å². The Kier molecular flexibility index (Phi) is 4.61. The molecule has 1 fully saturated rings. The Morgan fingerprint density at radius 3 is 2.65 bits per heavy atom. The van der Waals surface area contributed by atoms with Crippen molar-refractivity contribution in [2.24, 2.45) is 0 Å². The summed E-state index contributed by atoms with van der Waals surface area (Å²) < 4.78 is 0. The zero-order chi connectivity index (χ0) is 12.4. The number of nitrogens with zero attached hydrogens (tertiary/aromatic N) is 2. The van der Waals surface area contributed by atoms with Crippen LogP contribution in [0.3, 0.4) is 0 Å². The molecule has 0 saturated carbocycles. The number of halogens is 1. The number of hydrogen-bond donors (Lipinski definition) is 0. The molecule has 0 N–H and O–H groups in total. The van der Waals surface area contributed by atoms with Crippen molar-refractivity contribution in [2.45, 2.75) is 37.7 Å². The fourth-order valence-corrected chi connectivity index (χ4v) is 4.82. The second kappa shape index (κ2) is 5.81. The van der Waals surface area contributed by atoms with Gasteiger partial charge in [0.05, 0.1) is 5.25 Å². The monoisotopic (exact) mass is 288 g/mol. The van der Waals surface area contributed by atoms with Gasteiger partial charge in [-0.05, 0) is 13.3 Å². The number of thioether (sulfide) groups is 2. The summed E-state index contributed by atoms with van der Waals surface area (Å²) in [5.41, 5.74) is 2.11. The van der Waals surface area contributed by atoms with Crippen molar-refractivity contribution in [1.29, 1.82) is 0 Å². The van der Waals surface area contributed by atoms with Gasteiger partial charge < -0.3 is 0 Å². The fourth-order valence-electron chi connectivity index (χ4n) is 1.94. The third-order valence-corrected chi connectivity index (χ3v) is 6.44. The third-order valence-electron chi connectivity index (χ3n) is 2.98. The molecule has 5 heteroatoms. The maximum Gasteiger partial charge on any atom is 0.144 e. The van der Waals surface area contributed by atoms with E-state index < -0.39 is 0 Å². The van der Waals surface area contributed by atoms with Gasteiger partial charge in [-0.1, -0.05) is 25.4 Å². The molecule has 2 atom stereocenters. The van der Waals surface area contributed by atoms with Crippen LogP contribution in [0.1, 0.15) is 36.2 Å². The first kappa shape index (κ1) is 13.5. The topological polar surface area (TPSA) is 25.8 Å². The minimum atomic E-state index is 0.386. The Bertz CT molecular complexity index is 412. The van der Waals surface area contributed by atoms with E-state index in [1.54, 1.807) is 0 Å². The molecule has 17 heavy (non-hydrogen) atoms. The summed E-state index contributed by atoms with van der Waals surface area (Å²) in [7, 11) is 0. The molecule has 0 amide bonds. The van der Waals surface area contributed by atoms with Gasteiger partial charge in [-0.2, -0.15) is 11.8 Å². The van der Waals surface area contributed by atoms with E-state index in [2.05, 4.69) is 18.8 Å². The van der Waals surface area contributed by atoms with E-state index in [1.807, 2.05) is 30.4 Å². The Hall–Kier alpha value is 0.0700. The number of aryl methyl sites for hydroxylation is 1. The molecular formula is C12H17ClN2S2. The molecule has 0 radical (unpaired) electrons. The molecule has 2 rings (SSSR count). The van der Waals surface area contributed by atoms with Crippen LogP contribution in [0.5, 0.6) is 0 Å². The molecule has 1 aliphatic rings. The van der Waals surface area contributed by atoms with E-state index >= 15 is 0 Å². The maximum absolute atomic E-state index is 6.20. The van der Waals surface area contributed by atoms with Crippen molar-refractivity contribution >= 4 is 35.1 Å². The molecule has 0 aliphatic carbocycles. The first-order valence-corrected chi connectivity index (χ1v) is 8.37. The number of aromatic nitrogens is 2. The lowest BCUT2D eigenvalue weighted by Crippen LogP contribution is -2.19. The molecule has 1 aromatic heterocycles. The first-order chi connectivity index (χ1) is 8.13. The average molecular weight is 289 g/mol. The molecule has 0 bridgehead atoms. The van der Waals surface area contributed by atoms with Gasteiger partial charge in [0, 0.05) is 28.0 Å². The summed E-state index contributed by atoms with van der Waals surface area (Å²) in [6.07, 6.45) is 0.917. The molecule has 2 heterocycles. The van der Waals surface area contributed by atoms with Gasteiger partial charge in [0.25, 0.3) is 0 Å². The Morgan fingerprint density at radius 1 is 1.29 bits per heavy atom. The highest BCUT2D eigenvalue weighted by Crippen LogP contribution is 2.41. The molecular weight excluding hydrogens is 272 g/mol. The highest BCUT2D eigenvalue weighted by atomic mass is 35.5. The summed E-state index contributed by atoms with van der Waals surface area (Å²) in [6, 6.07) is 0. The first-order valence-electron chi connectivity index (χ1n) is 5.89. The van der Waals surface area contributed by atoms with Gasteiger partial charge in [-0.3, -0.25) is 0 Å². The number of rotatable bonds is 2. The van der Waals surface area contributed by atoms with Crippen molar-refractivity contribution < 1.29 is 0 Å². The van der Waals surface area contributed by atoms with Crippen LogP contribution < -0.4 is 0 Å². The van der Waals surface area contributed by atoms with E-state index in [0.717, 1.165) is 23.5 Å². The van der Waals surface area contributed by atoms with E-state index in [1.165, 1.54) is 11.5 Å². The second-order valence-electron chi connectivity index (χ2n) is 4.17. The van der Waals surface area contributed by atoms with E-state index in [4.69, 9.17) is 16.6 Å². The zero-order valence-corrected chi connectivity index (χ0v) is 12.8. The smallest absolute Gasteiger partial charge is 0.144 e. The predicted octanol–water partition coefficient (Wildman–Crippen LogP) is 3.91. The van der Waals surface area contributed by atoms with Gasteiger partial charge in [0.15, 0.2) is 0 Å². The van der Waals surface area contributed by atoms with Crippen molar-refractivity contribution in [2.75, 3.05) is 11.5 Å². The standard InChI is InChI=1S/C12H17ClN2S2/c1-4-9-7(2)11(13)15-12(14-9)10-8(3)16-5-6-17-10/h8,10H,4-6H2,1-3H3. The van der Waals surface area contributed by atoms with Crippen LogP contribution >= 0.6 is 35.1 Å². The fraction of sp³-hybridized carbons (Fsp3) is 0.667. The van der Waals surface area contributed by atoms with E-state index in [9.17, 15) is 0 Å². The van der Waals surface area contributed by atoms with Crippen LogP contribution in [0, 0.1) is 6.92 Å². The zero-order valence-electron chi connectivity index (χ0n) is 10.4. The Morgan fingerprint density at radius 2 is 2.00 bits per heavy atom. The SMILES string of the molecule is CCc1nc(C2SCCSC2C)nc(Cl)c1C. The molecule has 1 aliphatic heterocycles. The lowest BCUT2D eigenvalue weighted by molar-refractivity contribution is 0.798. The van der Waals surface area contributed by atoms with Gasteiger partial charge in [-0.15, -0.1) is 11.8 Å². The van der Waals surface area contributed by atoms with Gasteiger partial charge in [0.1, 0.15) is 11.0 Å². The van der Waals surface area contributed by atoms with Crippen molar-refractivity contribution in [3.63, 3.8) is 0 Å². The van der Waals surface area contributed by atoms with Crippen LogP contribution in [0.15, 0.2) is 0 Å². The van der Waals surface area contributed by atoms with Crippen LogP contribution in [-0.2, 0) is 6.42 Å². The third kappa shape index (κ3) is 2.91. The quantitative estimate of drug-likeness (QED) is 0.771. The Labute approximate surface area is 116 Å². The molecule has 2 unspecified atom stereocenters. The summed E-state index contributed by atoms with van der Waals surface area (Å²) in [5.74, 6) is 3.32. The van der Waals surface area contributed by atoms with Crippen LogP contribution in [0.2, 0.25) is 5.15 Å². The second-order valence-corrected chi connectivity index (χ2v) is 7.26. The van der Waals surface area contributed by atoms with Crippen LogP contribution in [-0.4, -0.2) is 26.7 Å². The van der Waals surface area contributed by atoms with Crippen LogP contribution in [0.25, 0.3) is 0 Å². The maximum atomic E-state index is 6.20. The molecule has 0 aromatic carbocycles. The molecule has 0 spiro atoms. The minimum Gasteiger partial charge on any atom is -0.236 e. The van der Waals surface area contributed by atoms with E-state index in [-0.39, 0.29) is 0 Å². The molecule has 94 valence electrons. The minimum absolute atomic E-state index is 0.386. The van der Waals surface area contributed by atoms with Crippen molar-refractivity contribution in [1.82, 2.24) is 9.97 Å². The highest BCUT2D eigenvalue weighted by Gasteiger charge is 2.27. The number of hydrogen-bond acceptors (Lipinski definition) is 4. The van der Waals surface area contributed by atoms with Crippen molar-refractivity contribution in [3.05, 3.63) is 22.2 Å². The lowest BCUT2D eigenvalue weighted by Gasteiger charge is -2.27. The summed E-state index contributed by atoms with van der Waals surface area (Å²) >= 11 is 10.2. The lowest BCUT2D eigenvalue weighted by atomic mass is 10.2. The summed E-state index contributed by atoms with van der Waals surface area (Å²) in [4.78, 5) is 9.17.